The molecule has 0 aliphatic carbocycles. The number of halogens is 1. The third kappa shape index (κ3) is 7.51. The molecule has 0 saturated heterocycles. The Morgan fingerprint density at radius 2 is 1.59 bits per heavy atom. The molecule has 0 aliphatic rings. The van der Waals surface area contributed by atoms with E-state index >= 15 is 0 Å². The van der Waals surface area contributed by atoms with E-state index in [1.165, 1.54) is 5.56 Å². The molecular formula is C22H28ClNO3. The molecule has 2 rings (SSSR count). The molecule has 4 nitrogen and oxygen atoms in total. The van der Waals surface area contributed by atoms with E-state index in [0.29, 0.717) is 32.6 Å². The monoisotopic (exact) mass is 389 g/mol. The highest BCUT2D eigenvalue weighted by Crippen LogP contribution is 2.29. The van der Waals surface area contributed by atoms with E-state index in [-0.39, 0.29) is 5.91 Å². The van der Waals surface area contributed by atoms with Crippen LogP contribution in [0.2, 0.25) is 5.02 Å². The Morgan fingerprint density at radius 3 is 2.30 bits per heavy atom. The van der Waals surface area contributed by atoms with Crippen LogP contribution in [0.1, 0.15) is 37.8 Å². The fraction of sp³-hybridized carbons (Fsp3) is 0.409. The summed E-state index contributed by atoms with van der Waals surface area (Å²) in [6.07, 6.45) is 2.97. The van der Waals surface area contributed by atoms with Gasteiger partial charge in [0.2, 0.25) is 5.91 Å². The van der Waals surface area contributed by atoms with Gasteiger partial charge >= 0.3 is 0 Å². The van der Waals surface area contributed by atoms with Crippen LogP contribution in [0.4, 0.5) is 0 Å². The molecule has 146 valence electrons. The highest BCUT2D eigenvalue weighted by Gasteiger charge is 2.08. The van der Waals surface area contributed by atoms with Crippen LogP contribution < -0.4 is 14.8 Å². The summed E-state index contributed by atoms with van der Waals surface area (Å²) in [5, 5.41) is 3.73. The lowest BCUT2D eigenvalue weighted by atomic mass is 10.1. The number of carbonyl (C=O) groups is 1. The van der Waals surface area contributed by atoms with Gasteiger partial charge in [-0.05, 0) is 68.5 Å². The Hall–Kier alpha value is -2.20. The summed E-state index contributed by atoms with van der Waals surface area (Å²) >= 11 is 5.88. The van der Waals surface area contributed by atoms with Crippen LogP contribution in [-0.4, -0.2) is 25.7 Å². The molecular weight excluding hydrogens is 362 g/mol. The molecule has 0 saturated carbocycles. The number of hydrogen-bond acceptors (Lipinski definition) is 3. The predicted molar refractivity (Wildman–Crippen MR) is 110 cm³/mol. The SMILES string of the molecule is CCOc1ccc(CCC(=O)NCCCc2ccc(Cl)cc2)cc1OCC. The molecule has 0 heterocycles. The molecule has 5 heteroatoms. The number of aryl methyl sites for hydroxylation is 2. The smallest absolute Gasteiger partial charge is 0.220 e. The summed E-state index contributed by atoms with van der Waals surface area (Å²) in [5.41, 5.74) is 2.30. The third-order valence-corrected chi connectivity index (χ3v) is 4.38. The first kappa shape index (κ1) is 21.1. The van der Waals surface area contributed by atoms with E-state index < -0.39 is 0 Å². The highest BCUT2D eigenvalue weighted by atomic mass is 35.5. The minimum atomic E-state index is 0.0675. The van der Waals surface area contributed by atoms with Gasteiger partial charge in [-0.1, -0.05) is 29.8 Å². The van der Waals surface area contributed by atoms with Crippen LogP contribution in [0.15, 0.2) is 42.5 Å². The average molecular weight is 390 g/mol. The maximum atomic E-state index is 12.1. The highest BCUT2D eigenvalue weighted by molar-refractivity contribution is 6.30. The number of nitrogens with one attached hydrogen (secondary N) is 1. The van der Waals surface area contributed by atoms with Crippen molar-refractivity contribution in [3.8, 4) is 11.5 Å². The van der Waals surface area contributed by atoms with Gasteiger partial charge in [0.05, 0.1) is 13.2 Å². The second-order valence-corrected chi connectivity index (χ2v) is 6.66. The second kappa shape index (κ2) is 11.5. The van der Waals surface area contributed by atoms with E-state index in [0.717, 1.165) is 34.9 Å². The van der Waals surface area contributed by atoms with Gasteiger partial charge in [-0.25, -0.2) is 0 Å². The molecule has 0 unspecified atom stereocenters. The van der Waals surface area contributed by atoms with Gasteiger partial charge in [-0.15, -0.1) is 0 Å². The molecule has 2 aromatic rings. The Balaban J connectivity index is 1.73. The largest absolute Gasteiger partial charge is 0.490 e. The summed E-state index contributed by atoms with van der Waals surface area (Å²) in [6.45, 7) is 5.74. The van der Waals surface area contributed by atoms with Crippen LogP contribution in [-0.2, 0) is 17.6 Å². The van der Waals surface area contributed by atoms with Gasteiger partial charge in [0.1, 0.15) is 0 Å². The van der Waals surface area contributed by atoms with Crippen molar-refractivity contribution in [2.24, 2.45) is 0 Å². The van der Waals surface area contributed by atoms with Crippen LogP contribution in [0.3, 0.4) is 0 Å². The van der Waals surface area contributed by atoms with Crippen molar-refractivity contribution in [1.29, 1.82) is 0 Å². The molecule has 0 aromatic heterocycles. The Kier molecular flexibility index (Phi) is 8.99. The molecule has 0 bridgehead atoms. The second-order valence-electron chi connectivity index (χ2n) is 6.23. The van der Waals surface area contributed by atoms with Gasteiger partial charge in [0.25, 0.3) is 0 Å². The molecule has 0 atom stereocenters. The fourth-order valence-electron chi connectivity index (χ4n) is 2.77. The first-order valence-electron chi connectivity index (χ1n) is 9.52. The standard InChI is InChI=1S/C22H28ClNO3/c1-3-26-20-13-9-18(16-21(20)27-4-2)10-14-22(25)24-15-5-6-17-7-11-19(23)12-8-17/h7-9,11-13,16H,3-6,10,14-15H2,1-2H3,(H,24,25). The van der Waals surface area contributed by atoms with Crippen LogP contribution in [0, 0.1) is 0 Å². The Bertz CT molecular complexity index is 716. The zero-order chi connectivity index (χ0) is 19.5. The molecule has 1 N–H and O–H groups in total. The minimum Gasteiger partial charge on any atom is -0.490 e. The van der Waals surface area contributed by atoms with Crippen molar-refractivity contribution < 1.29 is 14.3 Å². The van der Waals surface area contributed by atoms with Gasteiger partial charge in [0, 0.05) is 18.0 Å². The van der Waals surface area contributed by atoms with Crippen LogP contribution in [0.25, 0.3) is 0 Å². The fourth-order valence-corrected chi connectivity index (χ4v) is 2.89. The lowest BCUT2D eigenvalue weighted by Gasteiger charge is -2.12. The molecule has 1 amide bonds. The van der Waals surface area contributed by atoms with Crippen LogP contribution in [0.5, 0.6) is 11.5 Å². The van der Waals surface area contributed by atoms with Gasteiger partial charge in [-0.3, -0.25) is 4.79 Å². The van der Waals surface area contributed by atoms with Crippen molar-refractivity contribution in [2.45, 2.75) is 39.5 Å². The lowest BCUT2D eigenvalue weighted by molar-refractivity contribution is -0.121. The van der Waals surface area contributed by atoms with Gasteiger partial charge < -0.3 is 14.8 Å². The molecule has 0 aliphatic heterocycles. The number of rotatable bonds is 11. The van der Waals surface area contributed by atoms with E-state index in [4.69, 9.17) is 21.1 Å². The van der Waals surface area contributed by atoms with E-state index in [1.807, 2.05) is 56.3 Å². The van der Waals surface area contributed by atoms with Gasteiger partial charge in [0.15, 0.2) is 11.5 Å². The zero-order valence-electron chi connectivity index (χ0n) is 16.1. The van der Waals surface area contributed by atoms with Gasteiger partial charge in [-0.2, -0.15) is 0 Å². The summed E-state index contributed by atoms with van der Waals surface area (Å²) in [5.74, 6) is 1.55. The van der Waals surface area contributed by atoms with E-state index in [9.17, 15) is 4.79 Å². The third-order valence-electron chi connectivity index (χ3n) is 4.13. The number of amides is 1. The van der Waals surface area contributed by atoms with Crippen molar-refractivity contribution in [3.05, 3.63) is 58.6 Å². The Morgan fingerprint density at radius 1 is 0.926 bits per heavy atom. The molecule has 0 radical (unpaired) electrons. The van der Waals surface area contributed by atoms with Crippen LogP contribution >= 0.6 is 11.6 Å². The minimum absolute atomic E-state index is 0.0675. The van der Waals surface area contributed by atoms with E-state index in [1.54, 1.807) is 0 Å². The summed E-state index contributed by atoms with van der Waals surface area (Å²) in [4.78, 5) is 12.1. The van der Waals surface area contributed by atoms with Crippen molar-refractivity contribution in [1.82, 2.24) is 5.32 Å². The number of carbonyl (C=O) groups excluding carboxylic acids is 1. The number of benzene rings is 2. The van der Waals surface area contributed by atoms with Crippen molar-refractivity contribution in [2.75, 3.05) is 19.8 Å². The molecule has 0 spiro atoms. The Labute approximate surface area is 166 Å². The average Bonchev–Trinajstić information content (AvgIpc) is 2.67. The summed E-state index contributed by atoms with van der Waals surface area (Å²) in [6, 6.07) is 13.7. The van der Waals surface area contributed by atoms with E-state index in [2.05, 4.69) is 5.32 Å². The van der Waals surface area contributed by atoms with Crippen molar-refractivity contribution >= 4 is 17.5 Å². The molecule has 27 heavy (non-hydrogen) atoms. The molecule has 0 fully saturated rings. The summed E-state index contributed by atoms with van der Waals surface area (Å²) in [7, 11) is 0. The first-order valence-corrected chi connectivity index (χ1v) is 9.89. The summed E-state index contributed by atoms with van der Waals surface area (Å²) < 4.78 is 11.2. The topological polar surface area (TPSA) is 47.6 Å². The molecule has 2 aromatic carbocycles. The normalized spacial score (nSPS) is 10.5. The quantitative estimate of drug-likeness (QED) is 0.560. The number of hydrogen-bond donors (Lipinski definition) is 1. The lowest BCUT2D eigenvalue weighted by Crippen LogP contribution is -2.25. The zero-order valence-corrected chi connectivity index (χ0v) is 16.8. The maximum Gasteiger partial charge on any atom is 0.220 e. The van der Waals surface area contributed by atoms with Crippen molar-refractivity contribution in [3.63, 3.8) is 0 Å². The predicted octanol–water partition coefficient (Wildman–Crippen LogP) is 4.82. The first-order chi connectivity index (χ1) is 13.1. The number of ether oxygens (including phenoxy) is 2. The maximum absolute atomic E-state index is 12.1.